The van der Waals surface area contributed by atoms with E-state index in [1.807, 2.05) is 0 Å². The molecule has 0 atom stereocenters. The summed E-state index contributed by atoms with van der Waals surface area (Å²) in [5.41, 5.74) is 7.82. The van der Waals surface area contributed by atoms with Gasteiger partial charge in [-0.15, -0.1) is 11.8 Å². The molecule has 4 nitrogen and oxygen atoms in total. The topological polar surface area (TPSA) is 53.2 Å². The van der Waals surface area contributed by atoms with Crippen LogP contribution in [0.1, 0.15) is 36.8 Å². The normalized spacial score (nSPS) is 14.6. The molecule has 0 spiro atoms. The maximum absolute atomic E-state index is 11.9. The average Bonchev–Trinajstić information content (AvgIpc) is 2.99. The first-order valence-corrected chi connectivity index (χ1v) is 8.99. The number of hydrogen-bond acceptors (Lipinski definition) is 3. The van der Waals surface area contributed by atoms with Crippen LogP contribution in [0.15, 0.2) is 23.1 Å². The highest BCUT2D eigenvalue weighted by Gasteiger charge is 2.15. The van der Waals surface area contributed by atoms with E-state index in [1.165, 1.54) is 35.7 Å². The first kappa shape index (κ1) is 17.1. The van der Waals surface area contributed by atoms with Gasteiger partial charge in [-0.2, -0.15) is 0 Å². The van der Waals surface area contributed by atoms with Crippen LogP contribution in [-0.2, 0) is 4.79 Å². The molecule has 2 rings (SSSR count). The summed E-state index contributed by atoms with van der Waals surface area (Å²) in [6.07, 6.45) is 4.80. The molecule has 1 fully saturated rings. The second kappa shape index (κ2) is 8.39. The Morgan fingerprint density at radius 1 is 1.27 bits per heavy atom. The lowest BCUT2D eigenvalue weighted by molar-refractivity contribution is -0.119. The van der Waals surface area contributed by atoms with Gasteiger partial charge in [0.25, 0.3) is 0 Å². The molecule has 1 aromatic rings. The lowest BCUT2D eigenvalue weighted by atomic mass is 10.2. The Hall–Kier alpha value is -1.27. The van der Waals surface area contributed by atoms with Crippen LogP contribution >= 0.6 is 24.0 Å². The van der Waals surface area contributed by atoms with Gasteiger partial charge >= 0.3 is 0 Å². The van der Waals surface area contributed by atoms with E-state index in [4.69, 9.17) is 12.2 Å². The molecule has 1 aliphatic rings. The maximum Gasteiger partial charge on any atom is 0.248 e. The molecule has 0 bridgehead atoms. The fourth-order valence-corrected chi connectivity index (χ4v) is 3.60. The van der Waals surface area contributed by atoms with Crippen molar-refractivity contribution >= 4 is 35.0 Å². The maximum atomic E-state index is 11.9. The van der Waals surface area contributed by atoms with Crippen LogP contribution in [-0.4, -0.2) is 22.8 Å². The summed E-state index contributed by atoms with van der Waals surface area (Å²) in [5.74, 6) is 0.282. The number of thiocarbonyl (C=S) groups is 1. The van der Waals surface area contributed by atoms with Crippen LogP contribution < -0.4 is 16.2 Å². The molecule has 0 aromatic heterocycles. The highest BCUT2D eigenvalue weighted by Crippen LogP contribution is 2.23. The van der Waals surface area contributed by atoms with E-state index in [2.05, 4.69) is 48.2 Å². The highest BCUT2D eigenvalue weighted by molar-refractivity contribution is 8.00. The number of amides is 1. The summed E-state index contributed by atoms with van der Waals surface area (Å²) >= 11 is 6.72. The van der Waals surface area contributed by atoms with E-state index in [-0.39, 0.29) is 5.91 Å². The minimum absolute atomic E-state index is 0.0820. The van der Waals surface area contributed by atoms with Crippen LogP contribution in [0, 0.1) is 13.8 Å². The lowest BCUT2D eigenvalue weighted by Gasteiger charge is -2.16. The number of hydrazine groups is 1. The monoisotopic (exact) mass is 337 g/mol. The first-order chi connectivity index (χ1) is 10.5. The fraction of sp³-hybridized carbons (Fsp3) is 0.500. The van der Waals surface area contributed by atoms with Crippen molar-refractivity contribution in [1.82, 2.24) is 16.2 Å². The third-order valence-corrected chi connectivity index (χ3v) is 5.09. The zero-order valence-electron chi connectivity index (χ0n) is 13.1. The number of carbonyl (C=O) groups excluding carboxylic acids is 1. The second-order valence-corrected chi connectivity index (χ2v) is 7.11. The third-order valence-electron chi connectivity index (χ3n) is 3.71. The van der Waals surface area contributed by atoms with Gasteiger partial charge < -0.3 is 5.32 Å². The van der Waals surface area contributed by atoms with Gasteiger partial charge in [0.05, 0.1) is 5.75 Å². The van der Waals surface area contributed by atoms with Crippen LogP contribution in [0.3, 0.4) is 0 Å². The van der Waals surface area contributed by atoms with Crippen LogP contribution in [0.4, 0.5) is 0 Å². The second-order valence-electron chi connectivity index (χ2n) is 5.69. The average molecular weight is 338 g/mol. The zero-order chi connectivity index (χ0) is 15.9. The van der Waals surface area contributed by atoms with E-state index in [0.29, 0.717) is 16.9 Å². The molecule has 1 saturated carbocycles. The van der Waals surface area contributed by atoms with E-state index < -0.39 is 0 Å². The van der Waals surface area contributed by atoms with Crippen molar-refractivity contribution in [2.24, 2.45) is 0 Å². The Morgan fingerprint density at radius 3 is 2.73 bits per heavy atom. The molecular formula is C16H23N3OS2. The van der Waals surface area contributed by atoms with Gasteiger partial charge in [0.2, 0.25) is 5.91 Å². The molecule has 0 heterocycles. The number of benzene rings is 1. The summed E-state index contributed by atoms with van der Waals surface area (Å²) in [7, 11) is 0. The van der Waals surface area contributed by atoms with E-state index in [0.717, 1.165) is 17.7 Å². The van der Waals surface area contributed by atoms with Crippen LogP contribution in [0.25, 0.3) is 0 Å². The quantitative estimate of drug-likeness (QED) is 0.448. The Labute approximate surface area is 141 Å². The van der Waals surface area contributed by atoms with E-state index in [9.17, 15) is 4.79 Å². The molecule has 1 amide bonds. The summed E-state index contributed by atoms with van der Waals surface area (Å²) in [6, 6.07) is 6.71. The van der Waals surface area contributed by atoms with Crippen molar-refractivity contribution < 1.29 is 4.79 Å². The highest BCUT2D eigenvalue weighted by atomic mass is 32.2. The number of nitrogens with one attached hydrogen (secondary N) is 3. The van der Waals surface area contributed by atoms with Gasteiger partial charge in [-0.1, -0.05) is 30.5 Å². The number of carbonyl (C=O) groups is 1. The number of aryl methyl sites for hydroxylation is 2. The summed E-state index contributed by atoms with van der Waals surface area (Å²) in [4.78, 5) is 13.0. The Kier molecular flexibility index (Phi) is 6.51. The molecule has 3 N–H and O–H groups in total. The Morgan fingerprint density at radius 2 is 2.00 bits per heavy atom. The Balaban J connectivity index is 1.69. The molecule has 120 valence electrons. The van der Waals surface area contributed by atoms with Gasteiger partial charge in [0, 0.05) is 10.9 Å². The van der Waals surface area contributed by atoms with E-state index >= 15 is 0 Å². The third kappa shape index (κ3) is 5.50. The van der Waals surface area contributed by atoms with Crippen LogP contribution in [0.2, 0.25) is 0 Å². The predicted octanol–water partition coefficient (Wildman–Crippen LogP) is 2.83. The molecule has 0 saturated heterocycles. The smallest absolute Gasteiger partial charge is 0.248 e. The standard InChI is InChI=1S/C16H23N3OS2/c1-11-7-8-12(2)14(9-11)22-10-15(20)18-19-16(21)17-13-5-3-4-6-13/h7-9,13H,3-6,10H2,1-2H3,(H,18,20)(H2,17,19,21). The number of thioether (sulfide) groups is 1. The van der Waals surface area contributed by atoms with E-state index in [1.54, 1.807) is 0 Å². The van der Waals surface area contributed by atoms with Gasteiger partial charge in [-0.05, 0) is 50.5 Å². The largest absolute Gasteiger partial charge is 0.359 e. The lowest BCUT2D eigenvalue weighted by Crippen LogP contribution is -2.49. The summed E-state index contributed by atoms with van der Waals surface area (Å²) in [5, 5.41) is 3.72. The summed E-state index contributed by atoms with van der Waals surface area (Å²) < 4.78 is 0. The molecular weight excluding hydrogens is 314 g/mol. The number of rotatable bonds is 4. The van der Waals surface area contributed by atoms with Crippen molar-refractivity contribution in [3.05, 3.63) is 29.3 Å². The first-order valence-electron chi connectivity index (χ1n) is 7.60. The zero-order valence-corrected chi connectivity index (χ0v) is 14.7. The van der Waals surface area contributed by atoms with Crippen molar-refractivity contribution in [1.29, 1.82) is 0 Å². The molecule has 0 unspecified atom stereocenters. The number of hydrogen-bond donors (Lipinski definition) is 3. The molecule has 0 radical (unpaired) electrons. The van der Waals surface area contributed by atoms with Crippen molar-refractivity contribution in [2.45, 2.75) is 50.5 Å². The molecule has 1 aromatic carbocycles. The molecule has 22 heavy (non-hydrogen) atoms. The molecule has 1 aliphatic carbocycles. The predicted molar refractivity (Wildman–Crippen MR) is 95.9 cm³/mol. The Bertz CT molecular complexity index is 542. The van der Waals surface area contributed by atoms with Gasteiger partial charge in [-0.25, -0.2) is 0 Å². The van der Waals surface area contributed by atoms with Gasteiger partial charge in [0.1, 0.15) is 0 Å². The molecule has 0 aliphatic heterocycles. The summed E-state index contributed by atoms with van der Waals surface area (Å²) in [6.45, 7) is 4.11. The van der Waals surface area contributed by atoms with Gasteiger partial charge in [-0.3, -0.25) is 15.6 Å². The fourth-order valence-electron chi connectivity index (χ4n) is 2.46. The van der Waals surface area contributed by atoms with Crippen molar-refractivity contribution in [3.63, 3.8) is 0 Å². The SMILES string of the molecule is Cc1ccc(C)c(SCC(=O)NNC(=S)NC2CCCC2)c1. The minimum Gasteiger partial charge on any atom is -0.359 e. The molecule has 6 heteroatoms. The van der Waals surface area contributed by atoms with Crippen molar-refractivity contribution in [2.75, 3.05) is 5.75 Å². The van der Waals surface area contributed by atoms with Gasteiger partial charge in [0.15, 0.2) is 5.11 Å². The van der Waals surface area contributed by atoms with Crippen molar-refractivity contribution in [3.8, 4) is 0 Å². The van der Waals surface area contributed by atoms with Crippen LogP contribution in [0.5, 0.6) is 0 Å². The minimum atomic E-state index is -0.0820.